The third-order valence-corrected chi connectivity index (χ3v) is 5.78. The second-order valence-corrected chi connectivity index (χ2v) is 7.73. The maximum absolute atomic E-state index is 12.8. The van der Waals surface area contributed by atoms with Crippen LogP contribution in [0.25, 0.3) is 22.5 Å². The number of hydrogen-bond acceptors (Lipinski definition) is 2. The molecule has 2 N–H and O–H groups in total. The molecule has 0 unspecified atom stereocenters. The Hall–Kier alpha value is -3.66. The van der Waals surface area contributed by atoms with Crippen LogP contribution in [0.1, 0.15) is 40.4 Å². The number of aromatic nitrogens is 2. The number of hydrogen-bond donors (Lipinski definition) is 2. The first-order valence-corrected chi connectivity index (χ1v) is 10.4. The van der Waals surface area contributed by atoms with Gasteiger partial charge in [-0.2, -0.15) is 5.10 Å². The van der Waals surface area contributed by atoms with E-state index in [9.17, 15) is 4.79 Å². The molecule has 30 heavy (non-hydrogen) atoms. The van der Waals surface area contributed by atoms with E-state index in [1.807, 2.05) is 66.7 Å². The van der Waals surface area contributed by atoms with Crippen molar-refractivity contribution in [1.82, 2.24) is 15.5 Å². The number of nitrogens with zero attached hydrogens (tertiary/aromatic N) is 1. The predicted molar refractivity (Wildman–Crippen MR) is 119 cm³/mol. The van der Waals surface area contributed by atoms with Crippen LogP contribution in [0.3, 0.4) is 0 Å². The monoisotopic (exact) mass is 393 g/mol. The largest absolute Gasteiger partial charge is 0.345 e. The minimum atomic E-state index is -0.0298. The summed E-state index contributed by atoms with van der Waals surface area (Å²) in [5.74, 6) is -0.0298. The molecule has 1 amide bonds. The summed E-state index contributed by atoms with van der Waals surface area (Å²) in [6, 6.07) is 28.3. The van der Waals surface area contributed by atoms with Crippen LogP contribution in [-0.2, 0) is 6.42 Å². The molecule has 0 bridgehead atoms. The Morgan fingerprint density at radius 2 is 1.67 bits per heavy atom. The first-order chi connectivity index (χ1) is 14.8. The topological polar surface area (TPSA) is 57.8 Å². The van der Waals surface area contributed by atoms with Crippen molar-refractivity contribution in [1.29, 1.82) is 0 Å². The van der Waals surface area contributed by atoms with Gasteiger partial charge in [0.05, 0.1) is 17.4 Å². The Bertz CT molecular complexity index is 1160. The van der Waals surface area contributed by atoms with E-state index >= 15 is 0 Å². The molecule has 4 nitrogen and oxygen atoms in total. The number of carbonyl (C=O) groups excluding carboxylic acids is 1. The van der Waals surface area contributed by atoms with Gasteiger partial charge in [-0.15, -0.1) is 0 Å². The number of carbonyl (C=O) groups is 1. The summed E-state index contributed by atoms with van der Waals surface area (Å²) in [4.78, 5) is 12.8. The summed E-state index contributed by atoms with van der Waals surface area (Å²) in [6.07, 6.45) is 3.17. The van der Waals surface area contributed by atoms with Gasteiger partial charge in [0, 0.05) is 11.1 Å². The number of H-pyrrole nitrogens is 1. The van der Waals surface area contributed by atoms with E-state index in [4.69, 9.17) is 0 Å². The van der Waals surface area contributed by atoms with Crippen LogP contribution in [0.15, 0.2) is 84.9 Å². The van der Waals surface area contributed by atoms with Crippen molar-refractivity contribution in [2.75, 3.05) is 0 Å². The molecule has 0 saturated carbocycles. The molecule has 0 aliphatic heterocycles. The van der Waals surface area contributed by atoms with E-state index in [0.717, 1.165) is 41.8 Å². The van der Waals surface area contributed by atoms with Crippen LogP contribution in [0, 0.1) is 0 Å². The van der Waals surface area contributed by atoms with Crippen LogP contribution >= 0.6 is 0 Å². The predicted octanol–water partition coefficient (Wildman–Crippen LogP) is 5.55. The minimum absolute atomic E-state index is 0.0298. The highest BCUT2D eigenvalue weighted by Crippen LogP contribution is 2.30. The summed E-state index contributed by atoms with van der Waals surface area (Å²) >= 11 is 0. The van der Waals surface area contributed by atoms with Crippen molar-refractivity contribution in [2.45, 2.75) is 25.3 Å². The first-order valence-electron chi connectivity index (χ1n) is 10.4. The Balaban J connectivity index is 1.31. The van der Waals surface area contributed by atoms with Crippen molar-refractivity contribution in [2.24, 2.45) is 0 Å². The standard InChI is InChI=1S/C26H23N3O/c30-26(27-23-12-6-10-18-7-4-5-11-22(18)23)21-15-13-20(14-16-21)25-17-24(28-29-25)19-8-2-1-3-9-19/h1-5,7-9,11,13-17,23H,6,10,12H2,(H,27,30)(H,28,29)/t23-/m1/s1. The summed E-state index contributed by atoms with van der Waals surface area (Å²) in [6.45, 7) is 0. The number of fused-ring (bicyclic) bond motifs is 1. The molecule has 3 aromatic carbocycles. The van der Waals surface area contributed by atoms with E-state index < -0.39 is 0 Å². The van der Waals surface area contributed by atoms with Gasteiger partial charge in [0.1, 0.15) is 0 Å². The maximum Gasteiger partial charge on any atom is 0.251 e. The molecule has 0 spiro atoms. The zero-order chi connectivity index (χ0) is 20.3. The van der Waals surface area contributed by atoms with E-state index in [1.54, 1.807) is 0 Å². The summed E-state index contributed by atoms with van der Waals surface area (Å²) in [5.41, 5.74) is 7.18. The maximum atomic E-state index is 12.8. The van der Waals surface area contributed by atoms with Gasteiger partial charge in [0.25, 0.3) is 5.91 Å². The van der Waals surface area contributed by atoms with E-state index in [-0.39, 0.29) is 11.9 Å². The zero-order valence-corrected chi connectivity index (χ0v) is 16.6. The van der Waals surface area contributed by atoms with Crippen molar-refractivity contribution in [3.63, 3.8) is 0 Å². The highest BCUT2D eigenvalue weighted by atomic mass is 16.1. The molecule has 0 radical (unpaired) electrons. The van der Waals surface area contributed by atoms with Crippen LogP contribution in [0.4, 0.5) is 0 Å². The van der Waals surface area contributed by atoms with E-state index in [1.165, 1.54) is 11.1 Å². The normalized spacial score (nSPS) is 15.4. The van der Waals surface area contributed by atoms with Gasteiger partial charge < -0.3 is 5.32 Å². The van der Waals surface area contributed by atoms with E-state index in [0.29, 0.717) is 5.56 Å². The van der Waals surface area contributed by atoms with Crippen molar-refractivity contribution < 1.29 is 4.79 Å². The minimum Gasteiger partial charge on any atom is -0.345 e. The van der Waals surface area contributed by atoms with Crippen LogP contribution < -0.4 is 5.32 Å². The fraction of sp³-hybridized carbons (Fsp3) is 0.154. The smallest absolute Gasteiger partial charge is 0.251 e. The molecular weight excluding hydrogens is 370 g/mol. The Labute approximate surface area is 176 Å². The highest BCUT2D eigenvalue weighted by molar-refractivity contribution is 5.95. The number of amides is 1. The quantitative estimate of drug-likeness (QED) is 0.477. The Kier molecular flexibility index (Phi) is 4.89. The molecule has 0 saturated heterocycles. The first kappa shape index (κ1) is 18.4. The Morgan fingerprint density at radius 1 is 0.900 bits per heavy atom. The molecule has 1 aliphatic rings. The number of nitrogens with one attached hydrogen (secondary N) is 2. The molecule has 4 aromatic rings. The molecule has 1 aromatic heterocycles. The van der Waals surface area contributed by atoms with Gasteiger partial charge in [-0.3, -0.25) is 9.89 Å². The lowest BCUT2D eigenvalue weighted by Crippen LogP contribution is -2.30. The number of rotatable bonds is 4. The molecular formula is C26H23N3O. The molecule has 0 fully saturated rings. The van der Waals surface area contributed by atoms with Gasteiger partial charge in [-0.05, 0) is 54.2 Å². The van der Waals surface area contributed by atoms with Crippen LogP contribution in [0.5, 0.6) is 0 Å². The third-order valence-electron chi connectivity index (χ3n) is 5.78. The molecule has 1 atom stereocenters. The van der Waals surface area contributed by atoms with Gasteiger partial charge in [0.2, 0.25) is 0 Å². The molecule has 4 heteroatoms. The summed E-state index contributed by atoms with van der Waals surface area (Å²) < 4.78 is 0. The van der Waals surface area contributed by atoms with Crippen molar-refractivity contribution in [3.8, 4) is 22.5 Å². The lowest BCUT2D eigenvalue weighted by Gasteiger charge is -2.26. The average molecular weight is 393 g/mol. The zero-order valence-electron chi connectivity index (χ0n) is 16.6. The molecule has 148 valence electrons. The molecule has 1 aliphatic carbocycles. The lowest BCUT2D eigenvalue weighted by atomic mass is 9.87. The highest BCUT2D eigenvalue weighted by Gasteiger charge is 2.21. The number of aromatic amines is 1. The second kappa shape index (κ2) is 7.99. The van der Waals surface area contributed by atoms with Crippen LogP contribution in [0.2, 0.25) is 0 Å². The summed E-state index contributed by atoms with van der Waals surface area (Å²) in [5, 5.41) is 10.7. The SMILES string of the molecule is O=C(N[C@@H]1CCCc2ccccc21)c1ccc(-c2cc(-c3ccccc3)n[nH]2)cc1. The summed E-state index contributed by atoms with van der Waals surface area (Å²) in [7, 11) is 0. The molecule has 5 rings (SSSR count). The van der Waals surface area contributed by atoms with Gasteiger partial charge >= 0.3 is 0 Å². The van der Waals surface area contributed by atoms with Gasteiger partial charge in [0.15, 0.2) is 0 Å². The third kappa shape index (κ3) is 3.64. The van der Waals surface area contributed by atoms with Crippen molar-refractivity contribution in [3.05, 3.63) is 102 Å². The van der Waals surface area contributed by atoms with E-state index in [2.05, 4.69) is 33.7 Å². The van der Waals surface area contributed by atoms with Gasteiger partial charge in [-0.25, -0.2) is 0 Å². The number of benzene rings is 3. The van der Waals surface area contributed by atoms with Gasteiger partial charge in [-0.1, -0.05) is 66.7 Å². The van der Waals surface area contributed by atoms with Crippen LogP contribution in [-0.4, -0.2) is 16.1 Å². The Morgan fingerprint density at radius 3 is 2.50 bits per heavy atom. The lowest BCUT2D eigenvalue weighted by molar-refractivity contribution is 0.0933. The average Bonchev–Trinajstić information content (AvgIpc) is 3.30. The number of aryl methyl sites for hydroxylation is 1. The van der Waals surface area contributed by atoms with Crippen molar-refractivity contribution >= 4 is 5.91 Å². The fourth-order valence-electron chi connectivity index (χ4n) is 4.17. The second-order valence-electron chi connectivity index (χ2n) is 7.73. The molecule has 1 heterocycles. The fourth-order valence-corrected chi connectivity index (χ4v) is 4.17.